The molecule has 1 aliphatic rings. The number of carbonyl (C=O) groups excluding carboxylic acids is 2. The Balaban J connectivity index is 2.28. The van der Waals surface area contributed by atoms with E-state index in [1.807, 2.05) is 6.92 Å². The molecule has 6 nitrogen and oxygen atoms in total. The number of hydrogen-bond donors (Lipinski definition) is 2. The van der Waals surface area contributed by atoms with Gasteiger partial charge in [0.15, 0.2) is 0 Å². The van der Waals surface area contributed by atoms with Crippen molar-refractivity contribution in [2.75, 3.05) is 6.54 Å². The van der Waals surface area contributed by atoms with Gasteiger partial charge in [0.2, 0.25) is 5.91 Å². The van der Waals surface area contributed by atoms with Crippen molar-refractivity contribution in [1.82, 2.24) is 10.2 Å². The average Bonchev–Trinajstić information content (AvgIpc) is 3.08. The molecule has 0 saturated heterocycles. The number of amides is 3. The summed E-state index contributed by atoms with van der Waals surface area (Å²) in [5, 5.41) is 10.8. The highest BCUT2D eigenvalue weighted by Gasteiger charge is 2.32. The van der Waals surface area contributed by atoms with Crippen molar-refractivity contribution in [3.8, 4) is 0 Å². The van der Waals surface area contributed by atoms with Crippen molar-refractivity contribution in [3.05, 3.63) is 0 Å². The quantitative estimate of drug-likeness (QED) is 0.720. The molecule has 6 heteroatoms. The molecule has 1 fully saturated rings. The summed E-state index contributed by atoms with van der Waals surface area (Å²) in [7, 11) is 0. The fourth-order valence-corrected chi connectivity index (χ4v) is 1.73. The molecule has 0 heterocycles. The molecule has 0 bridgehead atoms. The highest BCUT2D eigenvalue weighted by Crippen LogP contribution is 2.26. The van der Waals surface area contributed by atoms with Gasteiger partial charge in [-0.3, -0.25) is 14.9 Å². The Labute approximate surface area is 106 Å². The number of nitrogens with zero attached hydrogens (tertiary/aromatic N) is 1. The zero-order valence-corrected chi connectivity index (χ0v) is 10.6. The summed E-state index contributed by atoms with van der Waals surface area (Å²) in [6, 6.07) is -0.0727. The van der Waals surface area contributed by atoms with Crippen LogP contribution in [0.15, 0.2) is 0 Å². The van der Waals surface area contributed by atoms with E-state index in [4.69, 9.17) is 5.11 Å². The Hall–Kier alpha value is -1.59. The van der Waals surface area contributed by atoms with E-state index in [9.17, 15) is 14.4 Å². The maximum Gasteiger partial charge on any atom is 0.324 e. The molecule has 1 saturated carbocycles. The van der Waals surface area contributed by atoms with Crippen LogP contribution in [0, 0.1) is 0 Å². The second-order valence-corrected chi connectivity index (χ2v) is 4.53. The van der Waals surface area contributed by atoms with E-state index >= 15 is 0 Å². The molecule has 1 aliphatic carbocycles. The molecule has 102 valence electrons. The van der Waals surface area contributed by atoms with Crippen LogP contribution in [0.25, 0.3) is 0 Å². The minimum atomic E-state index is -0.931. The van der Waals surface area contributed by atoms with Crippen LogP contribution in [0.5, 0.6) is 0 Å². The number of rotatable bonds is 7. The summed E-state index contributed by atoms with van der Waals surface area (Å²) in [6.45, 7) is 2.64. The first-order valence-electron chi connectivity index (χ1n) is 6.36. The average molecular weight is 256 g/mol. The maximum atomic E-state index is 11.8. The van der Waals surface area contributed by atoms with E-state index in [0.717, 1.165) is 19.3 Å². The Kier molecular flexibility index (Phi) is 5.61. The summed E-state index contributed by atoms with van der Waals surface area (Å²) in [5.41, 5.74) is 0. The van der Waals surface area contributed by atoms with Crippen LogP contribution in [0.1, 0.15) is 45.4 Å². The zero-order chi connectivity index (χ0) is 13.5. The SMILES string of the molecule is CCCN(C(=O)NC(=O)CCCC(=O)O)C1CC1. The minimum absolute atomic E-state index is 0.0527. The standard InChI is InChI=1S/C12H20N2O4/c1-2-8-14(9-6-7-9)12(18)13-10(15)4-3-5-11(16)17/h9H,2-8H2,1H3,(H,16,17)(H,13,15,18). The second-order valence-electron chi connectivity index (χ2n) is 4.53. The number of aliphatic carboxylic acids is 1. The van der Waals surface area contributed by atoms with Crippen molar-refractivity contribution in [2.24, 2.45) is 0 Å². The summed E-state index contributed by atoms with van der Waals surface area (Å²) >= 11 is 0. The maximum absolute atomic E-state index is 11.8. The Morgan fingerprint density at radius 2 is 1.94 bits per heavy atom. The first kappa shape index (κ1) is 14.5. The van der Waals surface area contributed by atoms with Gasteiger partial charge in [0.1, 0.15) is 0 Å². The molecule has 0 aliphatic heterocycles. The molecular weight excluding hydrogens is 236 g/mol. The molecule has 0 spiro atoms. The smallest absolute Gasteiger partial charge is 0.324 e. The van der Waals surface area contributed by atoms with Crippen molar-refractivity contribution >= 4 is 17.9 Å². The fourth-order valence-electron chi connectivity index (χ4n) is 1.73. The number of carboxylic acid groups (broad SMARTS) is 1. The molecule has 0 aromatic heterocycles. The van der Waals surface area contributed by atoms with Crippen LogP contribution in [0.3, 0.4) is 0 Å². The fraction of sp³-hybridized carbons (Fsp3) is 0.750. The lowest BCUT2D eigenvalue weighted by Crippen LogP contribution is -2.44. The van der Waals surface area contributed by atoms with Gasteiger partial charge in [-0.05, 0) is 25.7 Å². The van der Waals surface area contributed by atoms with E-state index < -0.39 is 11.9 Å². The largest absolute Gasteiger partial charge is 0.481 e. The van der Waals surface area contributed by atoms with Gasteiger partial charge in [0, 0.05) is 25.4 Å². The number of carboxylic acids is 1. The van der Waals surface area contributed by atoms with Gasteiger partial charge in [0.05, 0.1) is 0 Å². The van der Waals surface area contributed by atoms with Crippen LogP contribution in [-0.2, 0) is 9.59 Å². The number of imide groups is 1. The number of nitrogens with one attached hydrogen (secondary N) is 1. The van der Waals surface area contributed by atoms with E-state index in [1.165, 1.54) is 0 Å². The van der Waals surface area contributed by atoms with E-state index in [2.05, 4.69) is 5.32 Å². The number of urea groups is 1. The Morgan fingerprint density at radius 3 is 2.44 bits per heavy atom. The lowest BCUT2D eigenvalue weighted by Gasteiger charge is -2.21. The van der Waals surface area contributed by atoms with Gasteiger partial charge in [-0.15, -0.1) is 0 Å². The summed E-state index contributed by atoms with van der Waals surface area (Å²) < 4.78 is 0. The minimum Gasteiger partial charge on any atom is -0.481 e. The molecule has 0 radical (unpaired) electrons. The topological polar surface area (TPSA) is 86.7 Å². The third kappa shape index (κ3) is 5.16. The first-order valence-corrected chi connectivity index (χ1v) is 6.36. The van der Waals surface area contributed by atoms with Gasteiger partial charge >= 0.3 is 12.0 Å². The predicted octanol–water partition coefficient (Wildman–Crippen LogP) is 1.35. The number of carbonyl (C=O) groups is 3. The lowest BCUT2D eigenvalue weighted by atomic mass is 10.2. The van der Waals surface area contributed by atoms with Gasteiger partial charge in [0.25, 0.3) is 0 Å². The highest BCUT2D eigenvalue weighted by molar-refractivity contribution is 5.94. The monoisotopic (exact) mass is 256 g/mol. The van der Waals surface area contributed by atoms with Crippen molar-refractivity contribution in [2.45, 2.75) is 51.5 Å². The highest BCUT2D eigenvalue weighted by atomic mass is 16.4. The molecular formula is C12H20N2O4. The summed E-state index contributed by atoms with van der Waals surface area (Å²) in [5.74, 6) is -1.33. The van der Waals surface area contributed by atoms with Crippen molar-refractivity contribution in [3.63, 3.8) is 0 Å². The molecule has 0 unspecified atom stereocenters. The molecule has 3 amide bonds. The van der Waals surface area contributed by atoms with Crippen molar-refractivity contribution in [1.29, 1.82) is 0 Å². The van der Waals surface area contributed by atoms with Crippen LogP contribution in [0.4, 0.5) is 4.79 Å². The molecule has 2 N–H and O–H groups in total. The van der Waals surface area contributed by atoms with Crippen LogP contribution in [0.2, 0.25) is 0 Å². The third-order valence-corrected chi connectivity index (χ3v) is 2.75. The van der Waals surface area contributed by atoms with Crippen LogP contribution >= 0.6 is 0 Å². The third-order valence-electron chi connectivity index (χ3n) is 2.75. The lowest BCUT2D eigenvalue weighted by molar-refractivity contribution is -0.137. The van der Waals surface area contributed by atoms with Crippen LogP contribution in [-0.4, -0.2) is 40.5 Å². The molecule has 0 aromatic carbocycles. The van der Waals surface area contributed by atoms with Crippen LogP contribution < -0.4 is 5.32 Å². The van der Waals surface area contributed by atoms with E-state index in [0.29, 0.717) is 6.54 Å². The molecule has 0 aromatic rings. The van der Waals surface area contributed by atoms with Gasteiger partial charge in [-0.2, -0.15) is 0 Å². The van der Waals surface area contributed by atoms with Gasteiger partial charge in [-0.1, -0.05) is 6.92 Å². The Morgan fingerprint density at radius 1 is 1.28 bits per heavy atom. The first-order chi connectivity index (χ1) is 8.54. The van der Waals surface area contributed by atoms with Gasteiger partial charge < -0.3 is 10.0 Å². The normalized spacial score (nSPS) is 14.1. The Bertz CT molecular complexity index is 326. The van der Waals surface area contributed by atoms with Crippen molar-refractivity contribution < 1.29 is 19.5 Å². The molecule has 18 heavy (non-hydrogen) atoms. The van der Waals surface area contributed by atoms with E-state index in [-0.39, 0.29) is 31.3 Å². The summed E-state index contributed by atoms with van der Waals surface area (Å²) in [4.78, 5) is 35.2. The molecule has 1 rings (SSSR count). The number of hydrogen-bond acceptors (Lipinski definition) is 3. The zero-order valence-electron chi connectivity index (χ0n) is 10.6. The summed E-state index contributed by atoms with van der Waals surface area (Å²) in [6.07, 6.45) is 3.13. The molecule has 0 atom stereocenters. The van der Waals surface area contributed by atoms with Gasteiger partial charge in [-0.25, -0.2) is 4.79 Å². The second kappa shape index (κ2) is 6.98. The predicted molar refractivity (Wildman–Crippen MR) is 65.0 cm³/mol. The van der Waals surface area contributed by atoms with E-state index in [1.54, 1.807) is 4.90 Å².